The van der Waals surface area contributed by atoms with Crippen molar-refractivity contribution in [1.29, 1.82) is 0 Å². The highest BCUT2D eigenvalue weighted by Crippen LogP contribution is 2.33. The maximum Gasteiger partial charge on any atom is 0.224 e. The number of fused-ring (bicyclic) bond motifs is 1. The number of nitrogens with two attached hydrogens (primary N) is 1. The van der Waals surface area contributed by atoms with Crippen molar-refractivity contribution in [3.05, 3.63) is 24.5 Å². The largest absolute Gasteiger partial charge is 0.506 e. The zero-order valence-corrected chi connectivity index (χ0v) is 14.3. The number of nitrogens with one attached hydrogen (secondary N) is 1. The number of ether oxygens (including phenoxy) is 2. The molecule has 2 aromatic heterocycles. The Morgan fingerprint density at radius 1 is 1.35 bits per heavy atom. The highest BCUT2D eigenvalue weighted by molar-refractivity contribution is 5.87. The van der Waals surface area contributed by atoms with Gasteiger partial charge >= 0.3 is 0 Å². The molecule has 0 saturated carbocycles. The lowest BCUT2D eigenvalue weighted by Crippen LogP contribution is -2.18. The van der Waals surface area contributed by atoms with Gasteiger partial charge in [-0.25, -0.2) is 4.98 Å². The first-order chi connectivity index (χ1) is 12.7. The number of hydrogen-bond acceptors (Lipinski definition) is 8. The van der Waals surface area contributed by atoms with E-state index in [2.05, 4.69) is 20.3 Å². The van der Waals surface area contributed by atoms with Crippen LogP contribution in [0.25, 0.3) is 11.2 Å². The summed E-state index contributed by atoms with van der Waals surface area (Å²) in [7, 11) is 1.56. The van der Waals surface area contributed by atoms with E-state index in [9.17, 15) is 5.11 Å². The van der Waals surface area contributed by atoms with Crippen molar-refractivity contribution in [2.45, 2.75) is 25.5 Å². The molecular formula is C17H20N6O3. The second-order valence-corrected chi connectivity index (χ2v) is 6.08. The molecule has 1 aliphatic rings. The topological polar surface area (TPSA) is 120 Å². The fourth-order valence-electron chi connectivity index (χ4n) is 3.04. The maximum absolute atomic E-state index is 10.1. The lowest BCUT2D eigenvalue weighted by Gasteiger charge is -2.23. The van der Waals surface area contributed by atoms with Crippen molar-refractivity contribution >= 4 is 28.6 Å². The standard InChI is InChI=1S/C17H20N6O3/c1-25-10-5-6-12(24)11(8-10)20-15-14-16(22-17(18)21-15)23(9-19-14)13-4-2-3-7-26-13/h5-6,8-9,13,24H,2-4,7H2,1H3,(H3,18,20,21,22). The molecule has 136 valence electrons. The minimum absolute atomic E-state index is 0.0613. The minimum atomic E-state index is -0.110. The van der Waals surface area contributed by atoms with Crippen LogP contribution in [-0.4, -0.2) is 38.3 Å². The van der Waals surface area contributed by atoms with Gasteiger partial charge in [-0.1, -0.05) is 0 Å². The number of benzene rings is 1. The van der Waals surface area contributed by atoms with Crippen molar-refractivity contribution in [2.75, 3.05) is 24.8 Å². The second-order valence-electron chi connectivity index (χ2n) is 6.08. The molecule has 0 amide bonds. The molecule has 9 nitrogen and oxygen atoms in total. The summed E-state index contributed by atoms with van der Waals surface area (Å²) in [6, 6.07) is 4.87. The van der Waals surface area contributed by atoms with Gasteiger partial charge in [0.25, 0.3) is 0 Å². The molecule has 1 saturated heterocycles. The number of methoxy groups -OCH3 is 1. The number of anilines is 3. The van der Waals surface area contributed by atoms with Gasteiger partial charge in [-0.15, -0.1) is 0 Å². The van der Waals surface area contributed by atoms with E-state index in [-0.39, 0.29) is 17.9 Å². The average molecular weight is 356 g/mol. The van der Waals surface area contributed by atoms with Gasteiger partial charge in [0.15, 0.2) is 17.0 Å². The normalized spacial score (nSPS) is 17.3. The SMILES string of the molecule is COc1ccc(O)c(Nc2nc(N)nc3c2ncn3C2CCCCO2)c1. The predicted octanol–water partition coefficient (Wildman–Crippen LogP) is 2.57. The molecule has 1 aromatic carbocycles. The van der Waals surface area contributed by atoms with Crippen LogP contribution in [0.3, 0.4) is 0 Å². The Balaban J connectivity index is 1.75. The monoisotopic (exact) mass is 356 g/mol. The molecule has 4 rings (SSSR count). The van der Waals surface area contributed by atoms with E-state index < -0.39 is 0 Å². The van der Waals surface area contributed by atoms with Crippen molar-refractivity contribution in [2.24, 2.45) is 0 Å². The lowest BCUT2D eigenvalue weighted by atomic mass is 10.2. The van der Waals surface area contributed by atoms with E-state index in [1.807, 2.05) is 4.57 Å². The van der Waals surface area contributed by atoms with Crippen LogP contribution in [0.5, 0.6) is 11.5 Å². The maximum atomic E-state index is 10.1. The first-order valence-electron chi connectivity index (χ1n) is 8.41. The Morgan fingerprint density at radius 2 is 2.23 bits per heavy atom. The molecular weight excluding hydrogens is 336 g/mol. The quantitative estimate of drug-likeness (QED) is 0.610. The molecule has 3 heterocycles. The number of nitrogen functional groups attached to an aromatic ring is 1. The highest BCUT2D eigenvalue weighted by Gasteiger charge is 2.21. The second kappa shape index (κ2) is 6.68. The number of phenolic OH excluding ortho intramolecular Hbond substituents is 1. The molecule has 0 radical (unpaired) electrons. The summed E-state index contributed by atoms with van der Waals surface area (Å²) in [4.78, 5) is 13.0. The fourth-order valence-corrected chi connectivity index (χ4v) is 3.04. The van der Waals surface area contributed by atoms with Crippen molar-refractivity contribution < 1.29 is 14.6 Å². The minimum Gasteiger partial charge on any atom is -0.506 e. The van der Waals surface area contributed by atoms with E-state index in [0.29, 0.717) is 35.0 Å². The van der Waals surface area contributed by atoms with Crippen LogP contribution in [0.2, 0.25) is 0 Å². The Kier molecular flexibility index (Phi) is 4.21. The molecule has 9 heteroatoms. The van der Waals surface area contributed by atoms with Crippen molar-refractivity contribution in [3.8, 4) is 11.5 Å². The van der Waals surface area contributed by atoms with Gasteiger partial charge < -0.3 is 25.6 Å². The molecule has 0 bridgehead atoms. The summed E-state index contributed by atoms with van der Waals surface area (Å²) in [6.45, 7) is 0.716. The van der Waals surface area contributed by atoms with Crippen LogP contribution in [-0.2, 0) is 4.74 Å². The van der Waals surface area contributed by atoms with Crippen LogP contribution < -0.4 is 15.8 Å². The highest BCUT2D eigenvalue weighted by atomic mass is 16.5. The van der Waals surface area contributed by atoms with Gasteiger partial charge in [0.1, 0.15) is 17.7 Å². The Morgan fingerprint density at radius 3 is 3.00 bits per heavy atom. The van der Waals surface area contributed by atoms with Gasteiger partial charge in [-0.3, -0.25) is 4.57 Å². The zero-order valence-electron chi connectivity index (χ0n) is 14.3. The number of hydrogen-bond donors (Lipinski definition) is 3. The number of phenols is 1. The first-order valence-corrected chi connectivity index (χ1v) is 8.41. The van der Waals surface area contributed by atoms with Crippen LogP contribution in [0.15, 0.2) is 24.5 Å². The number of aromatic nitrogens is 4. The smallest absolute Gasteiger partial charge is 0.224 e. The molecule has 1 aliphatic heterocycles. The Bertz CT molecular complexity index is 936. The lowest BCUT2D eigenvalue weighted by molar-refractivity contribution is -0.0298. The predicted molar refractivity (Wildman–Crippen MR) is 96.5 cm³/mol. The van der Waals surface area contributed by atoms with Crippen LogP contribution >= 0.6 is 0 Å². The Labute approximate surface area is 149 Å². The summed E-state index contributed by atoms with van der Waals surface area (Å²) in [5, 5.41) is 13.2. The summed E-state index contributed by atoms with van der Waals surface area (Å²) in [5.74, 6) is 1.18. The summed E-state index contributed by atoms with van der Waals surface area (Å²) in [6.07, 6.45) is 4.62. The molecule has 1 fully saturated rings. The summed E-state index contributed by atoms with van der Waals surface area (Å²) < 4.78 is 12.9. The van der Waals surface area contributed by atoms with Gasteiger partial charge in [0.2, 0.25) is 5.95 Å². The van der Waals surface area contributed by atoms with E-state index in [1.54, 1.807) is 25.6 Å². The third kappa shape index (κ3) is 2.97. The summed E-state index contributed by atoms with van der Waals surface area (Å²) in [5.41, 5.74) is 7.48. The van der Waals surface area contributed by atoms with Crippen LogP contribution in [0.1, 0.15) is 25.5 Å². The van der Waals surface area contributed by atoms with Crippen LogP contribution in [0, 0.1) is 0 Å². The number of rotatable bonds is 4. The van der Waals surface area contributed by atoms with Crippen LogP contribution in [0.4, 0.5) is 17.5 Å². The molecule has 4 N–H and O–H groups in total. The van der Waals surface area contributed by atoms with Gasteiger partial charge in [-0.2, -0.15) is 9.97 Å². The fraction of sp³-hybridized carbons (Fsp3) is 0.353. The van der Waals surface area contributed by atoms with E-state index in [4.69, 9.17) is 15.2 Å². The van der Waals surface area contributed by atoms with Gasteiger partial charge in [-0.05, 0) is 31.4 Å². The first kappa shape index (κ1) is 16.4. The van der Waals surface area contributed by atoms with E-state index in [0.717, 1.165) is 19.3 Å². The number of nitrogens with zero attached hydrogens (tertiary/aromatic N) is 4. The molecule has 1 unspecified atom stereocenters. The third-order valence-corrected chi connectivity index (χ3v) is 4.36. The van der Waals surface area contributed by atoms with Gasteiger partial charge in [0, 0.05) is 12.7 Å². The third-order valence-electron chi connectivity index (χ3n) is 4.36. The number of imidazole rings is 1. The zero-order chi connectivity index (χ0) is 18.1. The molecule has 3 aromatic rings. The van der Waals surface area contributed by atoms with E-state index in [1.165, 1.54) is 6.07 Å². The molecule has 0 aliphatic carbocycles. The molecule has 1 atom stereocenters. The Hall–Kier alpha value is -3.07. The van der Waals surface area contributed by atoms with Crippen molar-refractivity contribution in [1.82, 2.24) is 19.5 Å². The molecule has 26 heavy (non-hydrogen) atoms. The van der Waals surface area contributed by atoms with Crippen molar-refractivity contribution in [3.63, 3.8) is 0 Å². The van der Waals surface area contributed by atoms with E-state index >= 15 is 0 Å². The molecule has 0 spiro atoms. The average Bonchev–Trinajstić information content (AvgIpc) is 3.08. The summed E-state index contributed by atoms with van der Waals surface area (Å²) >= 11 is 0. The van der Waals surface area contributed by atoms with Gasteiger partial charge in [0.05, 0.1) is 19.1 Å². The number of aromatic hydroxyl groups is 1.